The molecule has 0 unspecified atom stereocenters. The number of halogens is 1. The summed E-state index contributed by atoms with van der Waals surface area (Å²) in [7, 11) is 0. The lowest BCUT2D eigenvalue weighted by molar-refractivity contribution is 0.623. The molecule has 0 radical (unpaired) electrons. The minimum Gasteiger partial charge on any atom is -0.324 e. The van der Waals surface area contributed by atoms with Crippen LogP contribution in [0.4, 0.5) is 0 Å². The molecule has 0 aliphatic heterocycles. The van der Waals surface area contributed by atoms with E-state index >= 15 is 0 Å². The fourth-order valence-corrected chi connectivity index (χ4v) is 3.76. The molecule has 1 aromatic rings. The van der Waals surface area contributed by atoms with E-state index in [9.17, 15) is 0 Å². The summed E-state index contributed by atoms with van der Waals surface area (Å²) >= 11 is 8.17. The van der Waals surface area contributed by atoms with Crippen molar-refractivity contribution in [2.24, 2.45) is 11.7 Å². The van der Waals surface area contributed by atoms with E-state index in [1.807, 2.05) is 24.8 Å². The predicted octanol–water partition coefficient (Wildman–Crippen LogP) is 4.64. The van der Waals surface area contributed by atoms with Crippen molar-refractivity contribution < 1.29 is 0 Å². The number of thioether (sulfide) groups is 1. The van der Waals surface area contributed by atoms with E-state index in [1.165, 1.54) is 36.3 Å². The number of rotatable bonds is 4. The second-order valence-electron chi connectivity index (χ2n) is 4.94. The molecule has 1 aliphatic rings. The highest BCUT2D eigenvalue weighted by atomic mass is 35.5. The fourth-order valence-electron chi connectivity index (χ4n) is 2.30. The van der Waals surface area contributed by atoms with E-state index in [2.05, 4.69) is 12.1 Å². The van der Waals surface area contributed by atoms with Crippen molar-refractivity contribution in [2.45, 2.75) is 43.5 Å². The highest BCUT2D eigenvalue weighted by molar-refractivity contribution is 7.99. The number of benzene rings is 1. The van der Waals surface area contributed by atoms with Crippen LogP contribution in [-0.4, -0.2) is 5.75 Å². The second kappa shape index (κ2) is 6.12. The summed E-state index contributed by atoms with van der Waals surface area (Å²) in [5.41, 5.74) is 6.95. The van der Waals surface area contributed by atoms with Crippen molar-refractivity contribution in [2.75, 3.05) is 5.75 Å². The summed E-state index contributed by atoms with van der Waals surface area (Å²) in [5.74, 6) is 2.10. The molecule has 1 fully saturated rings. The van der Waals surface area contributed by atoms with E-state index in [1.54, 1.807) is 0 Å². The van der Waals surface area contributed by atoms with Crippen molar-refractivity contribution in [1.82, 2.24) is 0 Å². The average Bonchev–Trinajstić information content (AvgIpc) is 2.80. The Morgan fingerprint density at radius 3 is 2.71 bits per heavy atom. The minimum absolute atomic E-state index is 0.0568. The van der Waals surface area contributed by atoms with E-state index in [4.69, 9.17) is 17.3 Å². The van der Waals surface area contributed by atoms with Crippen LogP contribution >= 0.6 is 23.4 Å². The minimum atomic E-state index is 0.0568. The van der Waals surface area contributed by atoms with E-state index < -0.39 is 0 Å². The average molecular weight is 270 g/mol. The predicted molar refractivity (Wildman–Crippen MR) is 76.7 cm³/mol. The standard InChI is InChI=1S/C14H20ClNS/c1-10(16)12-6-7-14(13(15)8-12)17-9-11-4-2-3-5-11/h6-8,10-11H,2-5,9,16H2,1H3/t10-/m1/s1. The number of hydrogen-bond acceptors (Lipinski definition) is 2. The zero-order chi connectivity index (χ0) is 12.3. The van der Waals surface area contributed by atoms with Gasteiger partial charge in [0.2, 0.25) is 0 Å². The van der Waals surface area contributed by atoms with Crippen LogP contribution in [0.25, 0.3) is 0 Å². The van der Waals surface area contributed by atoms with Crippen LogP contribution < -0.4 is 5.73 Å². The maximum Gasteiger partial charge on any atom is 0.0545 e. The fraction of sp³-hybridized carbons (Fsp3) is 0.571. The van der Waals surface area contributed by atoms with Gasteiger partial charge in [-0.1, -0.05) is 30.5 Å². The van der Waals surface area contributed by atoms with Crippen molar-refractivity contribution in [3.05, 3.63) is 28.8 Å². The Hall–Kier alpha value is -0.180. The van der Waals surface area contributed by atoms with E-state index in [0.717, 1.165) is 16.5 Å². The maximum atomic E-state index is 6.28. The summed E-state index contributed by atoms with van der Waals surface area (Å²) in [6.07, 6.45) is 5.59. The third kappa shape index (κ3) is 3.64. The molecule has 0 bridgehead atoms. The van der Waals surface area contributed by atoms with Crippen molar-refractivity contribution in [3.63, 3.8) is 0 Å². The molecule has 1 aliphatic carbocycles. The SMILES string of the molecule is C[C@@H](N)c1ccc(SCC2CCCC2)c(Cl)c1. The number of hydrogen-bond donors (Lipinski definition) is 1. The Labute approximate surface area is 113 Å². The summed E-state index contributed by atoms with van der Waals surface area (Å²) in [4.78, 5) is 1.20. The molecule has 0 amide bonds. The molecule has 1 atom stereocenters. The zero-order valence-corrected chi connectivity index (χ0v) is 11.9. The Balaban J connectivity index is 1.96. The Morgan fingerprint density at radius 2 is 2.12 bits per heavy atom. The molecule has 0 saturated heterocycles. The first-order valence-corrected chi connectivity index (χ1v) is 7.71. The number of nitrogens with two attached hydrogens (primary N) is 1. The van der Waals surface area contributed by atoms with Crippen molar-refractivity contribution in [1.29, 1.82) is 0 Å². The maximum absolute atomic E-state index is 6.28. The third-order valence-electron chi connectivity index (χ3n) is 3.43. The van der Waals surface area contributed by atoms with E-state index in [-0.39, 0.29) is 6.04 Å². The van der Waals surface area contributed by atoms with Gasteiger partial charge in [-0.3, -0.25) is 0 Å². The van der Waals surface area contributed by atoms with Crippen LogP contribution in [0, 0.1) is 5.92 Å². The topological polar surface area (TPSA) is 26.0 Å². The highest BCUT2D eigenvalue weighted by Crippen LogP contribution is 2.34. The van der Waals surface area contributed by atoms with Crippen LogP contribution in [0.2, 0.25) is 5.02 Å². The van der Waals surface area contributed by atoms with Gasteiger partial charge >= 0.3 is 0 Å². The van der Waals surface area contributed by atoms with Gasteiger partial charge in [0, 0.05) is 16.7 Å². The van der Waals surface area contributed by atoms with Gasteiger partial charge in [0.25, 0.3) is 0 Å². The zero-order valence-electron chi connectivity index (χ0n) is 10.3. The van der Waals surface area contributed by atoms with Gasteiger partial charge in [-0.2, -0.15) is 0 Å². The summed E-state index contributed by atoms with van der Waals surface area (Å²) < 4.78 is 0. The molecule has 0 aromatic heterocycles. The molecule has 2 N–H and O–H groups in total. The molecule has 17 heavy (non-hydrogen) atoms. The summed E-state index contributed by atoms with van der Waals surface area (Å²) in [6, 6.07) is 6.26. The molecular formula is C14H20ClNS. The van der Waals surface area contributed by atoms with Gasteiger partial charge in [0.1, 0.15) is 0 Å². The van der Waals surface area contributed by atoms with Crippen LogP contribution in [0.1, 0.15) is 44.2 Å². The summed E-state index contributed by atoms with van der Waals surface area (Å²) in [6.45, 7) is 1.98. The smallest absolute Gasteiger partial charge is 0.0545 e. The molecule has 3 heteroatoms. The third-order valence-corrected chi connectivity index (χ3v) is 5.16. The van der Waals surface area contributed by atoms with Crippen molar-refractivity contribution >= 4 is 23.4 Å². The molecule has 2 rings (SSSR count). The summed E-state index contributed by atoms with van der Waals surface area (Å²) in [5, 5.41) is 0.850. The molecule has 0 heterocycles. The van der Waals surface area contributed by atoms with Gasteiger partial charge in [-0.15, -0.1) is 11.8 Å². The first kappa shape index (κ1) is 13.3. The van der Waals surface area contributed by atoms with Gasteiger partial charge in [-0.25, -0.2) is 0 Å². The lowest BCUT2D eigenvalue weighted by Crippen LogP contribution is -2.04. The molecule has 94 valence electrons. The lowest BCUT2D eigenvalue weighted by Gasteiger charge is -2.11. The Morgan fingerprint density at radius 1 is 1.41 bits per heavy atom. The lowest BCUT2D eigenvalue weighted by atomic mass is 10.1. The first-order valence-electron chi connectivity index (χ1n) is 6.34. The molecular weight excluding hydrogens is 250 g/mol. The molecule has 1 aromatic carbocycles. The van der Waals surface area contributed by atoms with Gasteiger partial charge in [-0.05, 0) is 43.4 Å². The molecule has 0 spiro atoms. The van der Waals surface area contributed by atoms with Gasteiger partial charge in [0.15, 0.2) is 0 Å². The van der Waals surface area contributed by atoms with Crippen LogP contribution in [0.15, 0.2) is 23.1 Å². The largest absolute Gasteiger partial charge is 0.324 e. The quantitative estimate of drug-likeness (QED) is 0.806. The van der Waals surface area contributed by atoms with Crippen LogP contribution in [-0.2, 0) is 0 Å². The van der Waals surface area contributed by atoms with Gasteiger partial charge in [0.05, 0.1) is 5.02 Å². The normalized spacial score (nSPS) is 18.5. The second-order valence-corrected chi connectivity index (χ2v) is 6.41. The monoisotopic (exact) mass is 269 g/mol. The molecule has 1 saturated carbocycles. The molecule has 1 nitrogen and oxygen atoms in total. The Kier molecular flexibility index (Phi) is 4.78. The van der Waals surface area contributed by atoms with Crippen LogP contribution in [0.5, 0.6) is 0 Å². The first-order chi connectivity index (χ1) is 8.16. The van der Waals surface area contributed by atoms with E-state index in [0.29, 0.717) is 0 Å². The van der Waals surface area contributed by atoms with Gasteiger partial charge < -0.3 is 5.73 Å². The Bertz CT molecular complexity index is 372. The highest BCUT2D eigenvalue weighted by Gasteiger charge is 2.15. The van der Waals surface area contributed by atoms with Crippen LogP contribution in [0.3, 0.4) is 0 Å². The van der Waals surface area contributed by atoms with Crippen molar-refractivity contribution in [3.8, 4) is 0 Å².